The van der Waals surface area contributed by atoms with Crippen LogP contribution in [-0.4, -0.2) is 67.9 Å². The smallest absolute Gasteiger partial charge is 0.470 e. The van der Waals surface area contributed by atoms with Crippen molar-refractivity contribution in [1.82, 2.24) is 0 Å². The van der Waals surface area contributed by atoms with E-state index in [0.29, 0.717) is 0 Å². The highest BCUT2D eigenvalue weighted by Gasteiger charge is 2.45. The Balaban J connectivity index is 1.84. The van der Waals surface area contributed by atoms with Crippen LogP contribution in [0.5, 0.6) is 0 Å². The molecule has 36 heavy (non-hydrogen) atoms. The summed E-state index contributed by atoms with van der Waals surface area (Å²) in [4.78, 5) is 35.0. The van der Waals surface area contributed by atoms with Crippen molar-refractivity contribution in [2.45, 2.75) is 25.4 Å². The number of rotatable bonds is 12. The van der Waals surface area contributed by atoms with E-state index >= 15 is 0 Å². The van der Waals surface area contributed by atoms with Crippen molar-refractivity contribution in [3.63, 3.8) is 0 Å². The van der Waals surface area contributed by atoms with Crippen molar-refractivity contribution in [2.24, 2.45) is 0 Å². The van der Waals surface area contributed by atoms with Crippen LogP contribution in [0.15, 0.2) is 60.0 Å². The molecule has 0 amide bonds. The largest absolute Gasteiger partial charge is 0.485 e. The van der Waals surface area contributed by atoms with Gasteiger partial charge in [0.15, 0.2) is 11.9 Å². The Morgan fingerprint density at radius 2 is 1.36 bits per heavy atom. The average Bonchev–Trinajstić information content (AvgIpc) is 3.14. The quantitative estimate of drug-likeness (QED) is 0.279. The van der Waals surface area contributed by atoms with Gasteiger partial charge in [0.25, 0.3) is 0 Å². The molecule has 3 rings (SSSR count). The Hall–Kier alpha value is -3.08. The predicted molar refractivity (Wildman–Crippen MR) is 132 cm³/mol. The molecule has 1 aliphatic rings. The second kappa shape index (κ2) is 11.8. The van der Waals surface area contributed by atoms with Crippen molar-refractivity contribution in [1.29, 1.82) is 0 Å². The molecule has 2 aromatic rings. The number of phosphoric acid groups is 1. The van der Waals surface area contributed by atoms with Gasteiger partial charge in [0, 0.05) is 39.6 Å². The first-order valence-corrected chi connectivity index (χ1v) is 12.6. The molecule has 0 unspecified atom stereocenters. The predicted octanol–water partition coefficient (Wildman–Crippen LogP) is 2.16. The molecule has 2 atom stereocenters. The molecule has 1 heterocycles. The lowest BCUT2D eigenvalue weighted by Crippen LogP contribution is -2.34. The minimum absolute atomic E-state index is 0.00856. The number of aliphatic hydroxyl groups excluding tert-OH is 1. The zero-order valence-electron chi connectivity index (χ0n) is 20.5. The van der Waals surface area contributed by atoms with Crippen LogP contribution in [0.3, 0.4) is 0 Å². The van der Waals surface area contributed by atoms with E-state index in [-0.39, 0.29) is 24.7 Å². The number of anilines is 2. The zero-order valence-corrected chi connectivity index (χ0v) is 21.4. The molecule has 11 nitrogen and oxygen atoms in total. The van der Waals surface area contributed by atoms with Gasteiger partial charge in [0.05, 0.1) is 6.61 Å². The van der Waals surface area contributed by atoms with Gasteiger partial charge in [0.2, 0.25) is 5.76 Å². The number of carbonyl (C=O) groups is 1. The van der Waals surface area contributed by atoms with Crippen molar-refractivity contribution in [3.8, 4) is 0 Å². The van der Waals surface area contributed by atoms with Crippen LogP contribution in [0, 0.1) is 0 Å². The van der Waals surface area contributed by atoms with E-state index in [4.69, 9.17) is 14.2 Å². The number of phosphoric ester groups is 1. The number of cyclic esters (lactones) is 1. The highest BCUT2D eigenvalue weighted by molar-refractivity contribution is 7.46. The molecule has 196 valence electrons. The Morgan fingerprint density at radius 1 is 0.889 bits per heavy atom. The molecule has 0 radical (unpaired) electrons. The van der Waals surface area contributed by atoms with Crippen molar-refractivity contribution >= 4 is 25.2 Å². The van der Waals surface area contributed by atoms with Gasteiger partial charge in [-0.15, -0.1) is 0 Å². The summed E-state index contributed by atoms with van der Waals surface area (Å²) in [6.45, 7) is -0.820. The van der Waals surface area contributed by atoms with Crippen LogP contribution in [0.25, 0.3) is 0 Å². The Morgan fingerprint density at radius 3 is 1.78 bits per heavy atom. The normalized spacial score (nSPS) is 16.5. The highest BCUT2D eigenvalue weighted by Crippen LogP contribution is 2.41. The number of carbonyl (C=O) groups excluding carboxylic acids is 1. The van der Waals surface area contributed by atoms with E-state index < -0.39 is 32.6 Å². The van der Waals surface area contributed by atoms with Gasteiger partial charge in [-0.3, -0.25) is 4.52 Å². The third-order valence-corrected chi connectivity index (χ3v) is 5.92. The van der Waals surface area contributed by atoms with Crippen LogP contribution in [0.4, 0.5) is 11.4 Å². The molecule has 3 N–H and O–H groups in total. The third kappa shape index (κ3) is 7.22. The summed E-state index contributed by atoms with van der Waals surface area (Å²) in [5.41, 5.74) is 3.51. The standard InChI is InChI=1S/C24H31N2O9P/c1-25(2)18-9-5-16(6-10-18)14-32-22-21(20(13-27)35-36(29,30)31)34-24(28)23(22)33-15-17-7-11-19(12-8-17)26(3)4/h5-12,20-21,27H,13-15H2,1-4H3,(H2,29,30,31)/t20-,21-/m0/s1. The Bertz CT molecular complexity index is 1110. The number of benzene rings is 2. The van der Waals surface area contributed by atoms with Crippen LogP contribution < -0.4 is 9.80 Å². The monoisotopic (exact) mass is 522 g/mol. The molecule has 1 aliphatic heterocycles. The van der Waals surface area contributed by atoms with Crippen LogP contribution in [0.2, 0.25) is 0 Å². The second-order valence-electron chi connectivity index (χ2n) is 8.54. The van der Waals surface area contributed by atoms with Gasteiger partial charge in [-0.05, 0) is 35.4 Å². The summed E-state index contributed by atoms with van der Waals surface area (Å²) in [6.07, 6.45) is -2.98. The number of hydrogen-bond acceptors (Lipinski definition) is 9. The van der Waals surface area contributed by atoms with Crippen LogP contribution >= 0.6 is 7.82 Å². The second-order valence-corrected chi connectivity index (χ2v) is 9.73. The number of aliphatic hydroxyl groups is 1. The van der Waals surface area contributed by atoms with Gasteiger partial charge >= 0.3 is 13.8 Å². The maximum atomic E-state index is 12.6. The summed E-state index contributed by atoms with van der Waals surface area (Å²) in [5.74, 6) is -1.26. The molecule has 0 aromatic heterocycles. The lowest BCUT2D eigenvalue weighted by atomic mass is 10.1. The van der Waals surface area contributed by atoms with Gasteiger partial charge in [-0.1, -0.05) is 24.3 Å². The van der Waals surface area contributed by atoms with Crippen LogP contribution in [-0.2, 0) is 41.3 Å². The van der Waals surface area contributed by atoms with Crippen molar-refractivity contribution in [3.05, 3.63) is 71.2 Å². The molecule has 12 heteroatoms. The number of esters is 1. The first-order valence-electron chi connectivity index (χ1n) is 11.1. The fourth-order valence-electron chi connectivity index (χ4n) is 3.43. The average molecular weight is 522 g/mol. The molecule has 0 saturated heterocycles. The molecule has 2 aromatic carbocycles. The first kappa shape index (κ1) is 27.5. The maximum Gasteiger partial charge on any atom is 0.470 e. The van der Waals surface area contributed by atoms with Gasteiger partial charge in [-0.2, -0.15) is 0 Å². The third-order valence-electron chi connectivity index (χ3n) is 5.37. The topological polar surface area (TPSA) is 138 Å². The van der Waals surface area contributed by atoms with E-state index in [9.17, 15) is 24.3 Å². The van der Waals surface area contributed by atoms with E-state index in [0.717, 1.165) is 22.5 Å². The van der Waals surface area contributed by atoms with Gasteiger partial charge in [0.1, 0.15) is 19.3 Å². The molecule has 0 spiro atoms. The fourth-order valence-corrected chi connectivity index (χ4v) is 3.96. The fraction of sp³-hybridized carbons (Fsp3) is 0.375. The lowest BCUT2D eigenvalue weighted by Gasteiger charge is -2.23. The number of nitrogens with zero attached hydrogens (tertiary/aromatic N) is 2. The van der Waals surface area contributed by atoms with Gasteiger partial charge in [-0.25, -0.2) is 9.36 Å². The van der Waals surface area contributed by atoms with Gasteiger partial charge < -0.3 is 38.9 Å². The summed E-state index contributed by atoms with van der Waals surface area (Å²) in [5, 5.41) is 9.70. The van der Waals surface area contributed by atoms with E-state index in [2.05, 4.69) is 4.52 Å². The zero-order chi connectivity index (χ0) is 26.5. The SMILES string of the molecule is CN(C)c1ccc(COC2=C(OCc3ccc(N(C)C)cc3)[C@H]([C@H](CO)OP(=O)(O)O)OC2=O)cc1. The first-order chi connectivity index (χ1) is 17.0. The minimum Gasteiger partial charge on any atom is -0.485 e. The molecule has 0 fully saturated rings. The Kier molecular flexibility index (Phi) is 8.99. The van der Waals surface area contributed by atoms with E-state index in [1.165, 1.54) is 0 Å². The summed E-state index contributed by atoms with van der Waals surface area (Å²) in [6, 6.07) is 14.9. The number of ether oxygens (including phenoxy) is 3. The summed E-state index contributed by atoms with van der Waals surface area (Å²) in [7, 11) is 2.65. The minimum atomic E-state index is -5.00. The maximum absolute atomic E-state index is 12.6. The number of hydrogen-bond donors (Lipinski definition) is 3. The molecule has 0 aliphatic carbocycles. The van der Waals surface area contributed by atoms with Crippen molar-refractivity contribution in [2.75, 3.05) is 44.6 Å². The molecular formula is C24H31N2O9P. The summed E-state index contributed by atoms with van der Waals surface area (Å²) >= 11 is 0. The van der Waals surface area contributed by atoms with Crippen molar-refractivity contribution < 1.29 is 43.0 Å². The summed E-state index contributed by atoms with van der Waals surface area (Å²) < 4.78 is 32.9. The molecular weight excluding hydrogens is 491 g/mol. The molecule has 0 bridgehead atoms. The Labute approximate surface area is 209 Å². The molecule has 0 saturated carbocycles. The van der Waals surface area contributed by atoms with E-state index in [1.54, 1.807) is 0 Å². The highest BCUT2D eigenvalue weighted by atomic mass is 31.2. The lowest BCUT2D eigenvalue weighted by molar-refractivity contribution is -0.148. The van der Waals surface area contributed by atoms with E-state index in [1.807, 2.05) is 86.5 Å². The van der Waals surface area contributed by atoms with Crippen LogP contribution in [0.1, 0.15) is 11.1 Å².